The molecule has 2 fully saturated rings. The van der Waals surface area contributed by atoms with E-state index in [-0.39, 0.29) is 12.0 Å². The number of esters is 1. The van der Waals surface area contributed by atoms with E-state index in [1.807, 2.05) is 12.1 Å². The molecule has 0 amide bonds. The van der Waals surface area contributed by atoms with Crippen molar-refractivity contribution in [1.82, 2.24) is 9.88 Å². The van der Waals surface area contributed by atoms with E-state index in [0.717, 1.165) is 18.4 Å². The Bertz CT molecular complexity index is 547. The molecule has 22 heavy (non-hydrogen) atoms. The van der Waals surface area contributed by atoms with Gasteiger partial charge in [0.2, 0.25) is 0 Å². The minimum atomic E-state index is -0.163. The zero-order valence-electron chi connectivity index (χ0n) is 12.6. The highest BCUT2D eigenvalue weighted by Gasteiger charge is 2.45. The second-order valence-corrected chi connectivity index (χ2v) is 6.95. The average Bonchev–Trinajstić information content (AvgIpc) is 2.84. The maximum absolute atomic E-state index is 12.2. The lowest BCUT2D eigenvalue weighted by Gasteiger charge is -2.33. The molecule has 1 saturated carbocycles. The van der Waals surface area contributed by atoms with Crippen LogP contribution in [0.15, 0.2) is 12.1 Å². The van der Waals surface area contributed by atoms with Crippen molar-refractivity contribution < 1.29 is 9.53 Å². The molecule has 1 aromatic rings. The van der Waals surface area contributed by atoms with E-state index in [0.29, 0.717) is 28.8 Å². The summed E-state index contributed by atoms with van der Waals surface area (Å²) >= 11 is 12.0. The fourth-order valence-corrected chi connectivity index (χ4v) is 4.47. The Hall–Kier alpha value is -0.840. The van der Waals surface area contributed by atoms with E-state index in [4.69, 9.17) is 27.9 Å². The van der Waals surface area contributed by atoms with E-state index in [2.05, 4.69) is 9.88 Å². The molecule has 1 aliphatic carbocycles. The van der Waals surface area contributed by atoms with Crippen LogP contribution >= 0.6 is 23.2 Å². The molecule has 3 atom stereocenters. The number of aromatic nitrogens is 1. The zero-order chi connectivity index (χ0) is 15.7. The van der Waals surface area contributed by atoms with Crippen LogP contribution in [0, 0.1) is 5.92 Å². The van der Waals surface area contributed by atoms with Crippen LogP contribution < -0.4 is 0 Å². The number of hydrogen-bond acceptors (Lipinski definition) is 4. The number of methoxy groups -OCH3 is 1. The van der Waals surface area contributed by atoms with Crippen molar-refractivity contribution in [2.45, 2.75) is 50.7 Å². The molecule has 1 aromatic heterocycles. The lowest BCUT2D eigenvalue weighted by molar-refractivity contribution is -0.146. The molecule has 0 unspecified atom stereocenters. The standard InChI is InChI=1S/C16H20Cl2N2O2/c1-22-16(21)13-8-11-4-2-3-5-12(11)20(13)9-10-6-14(17)19-15(18)7-10/h6-7,11-13H,2-5,8-9H2,1H3/t11-,12-,13+/m1/s1. The predicted molar refractivity (Wildman–Crippen MR) is 86.0 cm³/mol. The van der Waals surface area contributed by atoms with Crippen molar-refractivity contribution in [3.63, 3.8) is 0 Å². The lowest BCUT2D eigenvalue weighted by atomic mass is 9.84. The highest BCUT2D eigenvalue weighted by Crippen LogP contribution is 2.41. The molecule has 0 radical (unpaired) electrons. The first-order chi connectivity index (χ1) is 10.6. The van der Waals surface area contributed by atoms with E-state index < -0.39 is 0 Å². The largest absolute Gasteiger partial charge is 0.468 e. The Morgan fingerprint density at radius 2 is 2.00 bits per heavy atom. The van der Waals surface area contributed by atoms with Crippen molar-refractivity contribution in [2.75, 3.05) is 7.11 Å². The average molecular weight is 343 g/mol. The van der Waals surface area contributed by atoms with Crippen LogP contribution in [-0.4, -0.2) is 35.0 Å². The summed E-state index contributed by atoms with van der Waals surface area (Å²) in [5.41, 5.74) is 0.991. The smallest absolute Gasteiger partial charge is 0.323 e. The van der Waals surface area contributed by atoms with Gasteiger partial charge in [0.15, 0.2) is 0 Å². The van der Waals surface area contributed by atoms with Crippen LogP contribution in [0.5, 0.6) is 0 Å². The monoisotopic (exact) mass is 342 g/mol. The number of pyridine rings is 1. The summed E-state index contributed by atoms with van der Waals surface area (Å²) in [6.45, 7) is 0.656. The van der Waals surface area contributed by atoms with Gasteiger partial charge in [-0.3, -0.25) is 9.69 Å². The number of carbonyl (C=O) groups is 1. The van der Waals surface area contributed by atoms with Crippen LogP contribution in [0.1, 0.15) is 37.7 Å². The Morgan fingerprint density at radius 3 is 2.68 bits per heavy atom. The summed E-state index contributed by atoms with van der Waals surface area (Å²) in [6.07, 6.45) is 5.72. The molecular weight excluding hydrogens is 323 g/mol. The van der Waals surface area contributed by atoms with E-state index in [1.165, 1.54) is 26.4 Å². The number of rotatable bonds is 3. The molecule has 0 bridgehead atoms. The van der Waals surface area contributed by atoms with Gasteiger partial charge >= 0.3 is 5.97 Å². The fourth-order valence-electron chi connectivity index (χ4n) is 3.96. The lowest BCUT2D eigenvalue weighted by Crippen LogP contribution is -2.42. The molecule has 0 aromatic carbocycles. The molecule has 120 valence electrons. The van der Waals surface area contributed by atoms with Gasteiger partial charge in [-0.1, -0.05) is 36.0 Å². The van der Waals surface area contributed by atoms with Gasteiger partial charge in [0.1, 0.15) is 16.3 Å². The summed E-state index contributed by atoms with van der Waals surface area (Å²) < 4.78 is 5.01. The van der Waals surface area contributed by atoms with Gasteiger partial charge in [-0.05, 0) is 42.9 Å². The van der Waals surface area contributed by atoms with Gasteiger partial charge in [-0.2, -0.15) is 0 Å². The van der Waals surface area contributed by atoms with Gasteiger partial charge in [0.25, 0.3) is 0 Å². The first-order valence-corrected chi connectivity index (χ1v) is 8.49. The summed E-state index contributed by atoms with van der Waals surface area (Å²) in [6, 6.07) is 3.92. The number of likely N-dealkylation sites (tertiary alicyclic amines) is 1. The van der Waals surface area contributed by atoms with Crippen molar-refractivity contribution in [3.05, 3.63) is 28.0 Å². The van der Waals surface area contributed by atoms with E-state index >= 15 is 0 Å². The number of nitrogens with zero attached hydrogens (tertiary/aromatic N) is 2. The maximum Gasteiger partial charge on any atom is 0.323 e. The summed E-state index contributed by atoms with van der Waals surface area (Å²) in [5.74, 6) is 0.450. The normalized spacial score (nSPS) is 28.4. The van der Waals surface area contributed by atoms with Crippen molar-refractivity contribution in [3.8, 4) is 0 Å². The summed E-state index contributed by atoms with van der Waals surface area (Å²) in [5, 5.41) is 0.771. The van der Waals surface area contributed by atoms with Gasteiger partial charge in [0, 0.05) is 12.6 Å². The molecule has 0 spiro atoms. The third-order valence-electron chi connectivity index (χ3n) is 4.88. The molecule has 1 aliphatic heterocycles. The number of carbonyl (C=O) groups excluding carboxylic acids is 1. The molecule has 2 heterocycles. The third-order valence-corrected chi connectivity index (χ3v) is 5.27. The Morgan fingerprint density at radius 1 is 1.32 bits per heavy atom. The minimum Gasteiger partial charge on any atom is -0.468 e. The Kier molecular flexibility index (Phi) is 4.91. The third kappa shape index (κ3) is 3.24. The molecule has 1 saturated heterocycles. The fraction of sp³-hybridized carbons (Fsp3) is 0.625. The van der Waals surface area contributed by atoms with Gasteiger partial charge in [-0.15, -0.1) is 0 Å². The van der Waals surface area contributed by atoms with Crippen LogP contribution in [0.2, 0.25) is 10.3 Å². The van der Waals surface area contributed by atoms with Crippen LogP contribution in [0.25, 0.3) is 0 Å². The second kappa shape index (κ2) is 6.73. The molecule has 2 aliphatic rings. The highest BCUT2D eigenvalue weighted by molar-refractivity contribution is 6.32. The van der Waals surface area contributed by atoms with Gasteiger partial charge < -0.3 is 4.74 Å². The highest BCUT2D eigenvalue weighted by atomic mass is 35.5. The summed E-state index contributed by atoms with van der Waals surface area (Å²) in [4.78, 5) is 18.4. The van der Waals surface area contributed by atoms with Crippen molar-refractivity contribution in [1.29, 1.82) is 0 Å². The number of hydrogen-bond donors (Lipinski definition) is 0. The van der Waals surface area contributed by atoms with Crippen LogP contribution in [0.4, 0.5) is 0 Å². The minimum absolute atomic E-state index is 0.138. The number of halogens is 2. The van der Waals surface area contributed by atoms with Crippen molar-refractivity contribution in [2.24, 2.45) is 5.92 Å². The Labute approximate surface area is 140 Å². The Balaban J connectivity index is 1.84. The second-order valence-electron chi connectivity index (χ2n) is 6.18. The molecular formula is C16H20Cl2N2O2. The van der Waals surface area contributed by atoms with E-state index in [1.54, 1.807) is 0 Å². The van der Waals surface area contributed by atoms with E-state index in [9.17, 15) is 4.79 Å². The van der Waals surface area contributed by atoms with Gasteiger partial charge in [0.05, 0.1) is 7.11 Å². The molecule has 6 heteroatoms. The quantitative estimate of drug-likeness (QED) is 0.620. The topological polar surface area (TPSA) is 42.4 Å². The molecule has 0 N–H and O–H groups in total. The first kappa shape index (κ1) is 16.0. The molecule has 4 nitrogen and oxygen atoms in total. The first-order valence-electron chi connectivity index (χ1n) is 7.74. The number of fused-ring (bicyclic) bond motifs is 1. The SMILES string of the molecule is COC(=O)[C@@H]1C[C@H]2CCCC[C@H]2N1Cc1cc(Cl)nc(Cl)c1. The molecule has 3 rings (SSSR count). The van der Waals surface area contributed by atoms with Crippen molar-refractivity contribution >= 4 is 29.2 Å². The number of ether oxygens (including phenoxy) is 1. The van der Waals surface area contributed by atoms with Crippen LogP contribution in [0.3, 0.4) is 0 Å². The summed E-state index contributed by atoms with van der Waals surface area (Å²) in [7, 11) is 1.46. The zero-order valence-corrected chi connectivity index (χ0v) is 14.1. The predicted octanol–water partition coefficient (Wildman–Crippen LogP) is 3.69. The van der Waals surface area contributed by atoms with Crippen LogP contribution in [-0.2, 0) is 16.1 Å². The maximum atomic E-state index is 12.2. The van der Waals surface area contributed by atoms with Gasteiger partial charge in [-0.25, -0.2) is 4.98 Å².